The molecule has 0 radical (unpaired) electrons. The number of aromatic nitrogens is 2. The van der Waals surface area contributed by atoms with Crippen molar-refractivity contribution in [2.75, 3.05) is 13.7 Å². The Morgan fingerprint density at radius 2 is 2.00 bits per heavy atom. The van der Waals surface area contributed by atoms with Crippen molar-refractivity contribution in [3.8, 4) is 0 Å². The van der Waals surface area contributed by atoms with E-state index in [2.05, 4.69) is 43.0 Å². The Bertz CT molecular complexity index is 347. The van der Waals surface area contributed by atoms with Crippen LogP contribution in [0, 0.1) is 0 Å². The number of rotatable bonds is 9. The molecule has 19 heavy (non-hydrogen) atoms. The molecule has 0 aromatic carbocycles. The van der Waals surface area contributed by atoms with Crippen molar-refractivity contribution in [3.05, 3.63) is 18.0 Å². The third-order valence-corrected chi connectivity index (χ3v) is 3.78. The highest BCUT2D eigenvalue weighted by Gasteiger charge is 2.18. The van der Waals surface area contributed by atoms with Gasteiger partial charge in [-0.3, -0.25) is 4.68 Å². The summed E-state index contributed by atoms with van der Waals surface area (Å²) in [5, 5.41) is 8.03. The summed E-state index contributed by atoms with van der Waals surface area (Å²) in [4.78, 5) is 0. The second kappa shape index (κ2) is 8.33. The molecule has 110 valence electrons. The van der Waals surface area contributed by atoms with Gasteiger partial charge in [-0.15, -0.1) is 0 Å². The summed E-state index contributed by atoms with van der Waals surface area (Å²) < 4.78 is 7.77. The Kier molecular flexibility index (Phi) is 7.10. The van der Waals surface area contributed by atoms with Crippen LogP contribution in [0.1, 0.15) is 52.3 Å². The molecule has 1 aromatic heterocycles. The van der Waals surface area contributed by atoms with Crippen LogP contribution in [0.3, 0.4) is 0 Å². The van der Waals surface area contributed by atoms with Crippen LogP contribution >= 0.6 is 0 Å². The standard InChI is InChI=1S/C15H29N3O/c1-6-14(7-2)18-10-9-13(17-18)11-15(16-5)12(4)19-8-3/h9-10,12,14-16H,6-8,11H2,1-5H3. The molecule has 0 saturated carbocycles. The summed E-state index contributed by atoms with van der Waals surface area (Å²) in [5.41, 5.74) is 1.14. The predicted molar refractivity (Wildman–Crippen MR) is 79.5 cm³/mol. The third-order valence-electron chi connectivity index (χ3n) is 3.78. The van der Waals surface area contributed by atoms with Gasteiger partial charge in [0.1, 0.15) is 0 Å². The average molecular weight is 267 g/mol. The van der Waals surface area contributed by atoms with Crippen molar-refractivity contribution in [1.82, 2.24) is 15.1 Å². The molecule has 0 aliphatic rings. The highest BCUT2D eigenvalue weighted by Crippen LogP contribution is 2.15. The molecule has 0 saturated heterocycles. The fraction of sp³-hybridized carbons (Fsp3) is 0.800. The van der Waals surface area contributed by atoms with E-state index < -0.39 is 0 Å². The Morgan fingerprint density at radius 1 is 1.32 bits per heavy atom. The molecule has 0 amide bonds. The minimum absolute atomic E-state index is 0.202. The lowest BCUT2D eigenvalue weighted by Gasteiger charge is -2.22. The Labute approximate surface area is 117 Å². The molecule has 1 aromatic rings. The van der Waals surface area contributed by atoms with E-state index in [0.717, 1.165) is 31.6 Å². The number of hydrogen-bond donors (Lipinski definition) is 1. The summed E-state index contributed by atoms with van der Waals surface area (Å²) in [6.07, 6.45) is 5.47. The largest absolute Gasteiger partial charge is 0.377 e. The van der Waals surface area contributed by atoms with E-state index in [4.69, 9.17) is 9.84 Å². The van der Waals surface area contributed by atoms with Gasteiger partial charge < -0.3 is 10.1 Å². The molecular weight excluding hydrogens is 238 g/mol. The number of hydrogen-bond acceptors (Lipinski definition) is 3. The maximum atomic E-state index is 5.67. The molecule has 2 atom stereocenters. The van der Waals surface area contributed by atoms with Crippen LogP contribution in [0.4, 0.5) is 0 Å². The summed E-state index contributed by atoms with van der Waals surface area (Å²) in [6.45, 7) is 9.32. The lowest BCUT2D eigenvalue weighted by molar-refractivity contribution is 0.0494. The van der Waals surface area contributed by atoms with Crippen molar-refractivity contribution in [3.63, 3.8) is 0 Å². The zero-order valence-corrected chi connectivity index (χ0v) is 13.0. The summed E-state index contributed by atoms with van der Waals surface area (Å²) in [5.74, 6) is 0. The van der Waals surface area contributed by atoms with Crippen LogP contribution in [0.2, 0.25) is 0 Å². The Hall–Kier alpha value is -0.870. The van der Waals surface area contributed by atoms with Crippen molar-refractivity contribution in [1.29, 1.82) is 0 Å². The molecule has 1 rings (SSSR count). The highest BCUT2D eigenvalue weighted by molar-refractivity contribution is 5.03. The van der Waals surface area contributed by atoms with Crippen LogP contribution in [0.25, 0.3) is 0 Å². The van der Waals surface area contributed by atoms with E-state index in [1.54, 1.807) is 0 Å². The summed E-state index contributed by atoms with van der Waals surface area (Å²) >= 11 is 0. The van der Waals surface area contributed by atoms with E-state index in [1.165, 1.54) is 0 Å². The monoisotopic (exact) mass is 267 g/mol. The first-order valence-corrected chi connectivity index (χ1v) is 7.49. The number of nitrogens with one attached hydrogen (secondary N) is 1. The lowest BCUT2D eigenvalue weighted by atomic mass is 10.1. The van der Waals surface area contributed by atoms with Crippen LogP contribution < -0.4 is 5.32 Å². The SMILES string of the molecule is CCOC(C)C(Cc1ccn(C(CC)CC)n1)NC. The topological polar surface area (TPSA) is 39.1 Å². The molecule has 2 unspecified atom stereocenters. The van der Waals surface area contributed by atoms with Crippen LogP contribution in [-0.4, -0.2) is 35.6 Å². The second-order valence-electron chi connectivity index (χ2n) is 5.02. The van der Waals surface area contributed by atoms with E-state index in [1.807, 2.05) is 14.0 Å². The predicted octanol–water partition coefficient (Wildman–Crippen LogP) is 2.80. The van der Waals surface area contributed by atoms with E-state index in [9.17, 15) is 0 Å². The van der Waals surface area contributed by atoms with Crippen LogP contribution in [0.15, 0.2) is 12.3 Å². The number of likely N-dealkylation sites (N-methyl/N-ethyl adjacent to an activating group) is 1. The van der Waals surface area contributed by atoms with Crippen LogP contribution in [0.5, 0.6) is 0 Å². The zero-order valence-electron chi connectivity index (χ0n) is 13.0. The second-order valence-corrected chi connectivity index (χ2v) is 5.02. The molecular formula is C15H29N3O. The van der Waals surface area contributed by atoms with Gasteiger partial charge in [0, 0.05) is 25.3 Å². The maximum absolute atomic E-state index is 5.67. The first-order valence-electron chi connectivity index (χ1n) is 7.49. The van der Waals surface area contributed by atoms with Gasteiger partial charge in [0.05, 0.1) is 17.8 Å². The molecule has 0 bridgehead atoms. The van der Waals surface area contributed by atoms with E-state index in [-0.39, 0.29) is 6.10 Å². The summed E-state index contributed by atoms with van der Waals surface area (Å²) in [6, 6.07) is 2.96. The molecule has 0 aliphatic carbocycles. The molecule has 4 nitrogen and oxygen atoms in total. The third kappa shape index (κ3) is 4.62. The highest BCUT2D eigenvalue weighted by atomic mass is 16.5. The van der Waals surface area contributed by atoms with Gasteiger partial charge in [0.25, 0.3) is 0 Å². The average Bonchev–Trinajstić information content (AvgIpc) is 2.86. The van der Waals surface area contributed by atoms with E-state index in [0.29, 0.717) is 12.1 Å². The smallest absolute Gasteiger partial charge is 0.0703 e. The fourth-order valence-corrected chi connectivity index (χ4v) is 2.46. The molecule has 4 heteroatoms. The van der Waals surface area contributed by atoms with E-state index >= 15 is 0 Å². The lowest BCUT2D eigenvalue weighted by Crippen LogP contribution is -2.39. The zero-order chi connectivity index (χ0) is 14.3. The van der Waals surface area contributed by atoms with Gasteiger partial charge in [-0.2, -0.15) is 5.10 Å². The summed E-state index contributed by atoms with van der Waals surface area (Å²) in [7, 11) is 1.98. The first kappa shape index (κ1) is 16.2. The molecule has 1 N–H and O–H groups in total. The van der Waals surface area contributed by atoms with Gasteiger partial charge in [0.2, 0.25) is 0 Å². The first-order chi connectivity index (χ1) is 9.15. The molecule has 0 spiro atoms. The fourth-order valence-electron chi connectivity index (χ4n) is 2.46. The Morgan fingerprint density at radius 3 is 2.53 bits per heavy atom. The van der Waals surface area contributed by atoms with Gasteiger partial charge in [-0.25, -0.2) is 0 Å². The van der Waals surface area contributed by atoms with Gasteiger partial charge >= 0.3 is 0 Å². The molecule has 0 aliphatic heterocycles. The van der Waals surface area contributed by atoms with Crippen LogP contribution in [-0.2, 0) is 11.2 Å². The van der Waals surface area contributed by atoms with Crippen molar-refractivity contribution >= 4 is 0 Å². The van der Waals surface area contributed by atoms with Crippen molar-refractivity contribution < 1.29 is 4.74 Å². The normalized spacial score (nSPS) is 14.8. The van der Waals surface area contributed by atoms with Crippen molar-refractivity contribution in [2.45, 2.75) is 65.1 Å². The minimum Gasteiger partial charge on any atom is -0.377 e. The van der Waals surface area contributed by atoms with Crippen molar-refractivity contribution in [2.24, 2.45) is 0 Å². The van der Waals surface area contributed by atoms with Gasteiger partial charge in [0.15, 0.2) is 0 Å². The maximum Gasteiger partial charge on any atom is 0.0703 e. The molecule has 1 heterocycles. The van der Waals surface area contributed by atoms with Gasteiger partial charge in [-0.1, -0.05) is 13.8 Å². The minimum atomic E-state index is 0.202. The number of ether oxygens (including phenoxy) is 1. The Balaban J connectivity index is 2.65. The van der Waals surface area contributed by atoms with Gasteiger partial charge in [-0.05, 0) is 39.8 Å². The quantitative estimate of drug-likeness (QED) is 0.748. The number of nitrogens with zero attached hydrogens (tertiary/aromatic N) is 2. The molecule has 0 fully saturated rings.